The number of aliphatic hydroxyl groups excluding tert-OH is 1. The Kier molecular flexibility index (Phi) is 4.20. The summed E-state index contributed by atoms with van der Waals surface area (Å²) in [7, 11) is 0. The van der Waals surface area contributed by atoms with Crippen LogP contribution >= 0.6 is 0 Å². The average molecular weight is 513 g/mol. The fraction of sp³-hybridized carbons (Fsp3) is 0.903. The van der Waals surface area contributed by atoms with Gasteiger partial charge in [0, 0.05) is 11.3 Å². The summed E-state index contributed by atoms with van der Waals surface area (Å²) in [5.74, 6) is 0.0695. The minimum absolute atomic E-state index is 0.0341. The standard InChI is InChI=1S/C31H44O6/c1-17-7-12-29-14-13-28(6)27(5)11-8-18-26(4,10-9-20(32)30(18)16-34-25(2,3)37-30)22(27)21-23(35-21)31(28,19(29)15-17)36-24(29)33/h18-23,32H,1,7-16H2,2-6H3/t18-,19-,20+,21+,22-,23+,26+,27-,28+,29+,30-,31-/m1/s1. The van der Waals surface area contributed by atoms with Crippen molar-refractivity contribution < 1.29 is 28.8 Å². The number of carbonyl (C=O) groups excluding carboxylic acids is 1. The SMILES string of the molecule is C=C1CC[C@@]23CC[C@]4(C)[C@@](OC2=O)([C@@H]3C1)[C@H]1O[C@H]1[C@@H]1[C@@]2(C)CC[C@H](O)[C@@]3(COC(C)(C)O3)[C@@H]2CC[C@]14C. The fourth-order valence-electron chi connectivity index (χ4n) is 12.3. The third-order valence-corrected chi connectivity index (χ3v) is 14.1. The van der Waals surface area contributed by atoms with Gasteiger partial charge in [-0.05, 0) is 94.3 Å². The molecule has 0 unspecified atom stereocenters. The summed E-state index contributed by atoms with van der Waals surface area (Å²) < 4.78 is 26.4. The Balaban J connectivity index is 1.25. The molecule has 3 saturated heterocycles. The summed E-state index contributed by atoms with van der Waals surface area (Å²) in [6, 6.07) is 0. The molecule has 2 spiro atoms. The van der Waals surface area contributed by atoms with Gasteiger partial charge in [0.05, 0.1) is 24.2 Å². The van der Waals surface area contributed by atoms with Crippen LogP contribution in [0.25, 0.3) is 0 Å². The highest BCUT2D eigenvalue weighted by molar-refractivity contribution is 5.82. The number of hydrogen-bond donors (Lipinski definition) is 1. The Bertz CT molecular complexity index is 1120. The normalized spacial score (nSPS) is 62.6. The number of esters is 1. The quantitative estimate of drug-likeness (QED) is 0.282. The largest absolute Gasteiger partial charge is 0.455 e. The van der Waals surface area contributed by atoms with Crippen molar-refractivity contribution in [3.05, 3.63) is 12.2 Å². The summed E-state index contributed by atoms with van der Waals surface area (Å²) >= 11 is 0. The van der Waals surface area contributed by atoms with Crippen molar-refractivity contribution in [2.45, 2.75) is 128 Å². The van der Waals surface area contributed by atoms with Gasteiger partial charge in [0.2, 0.25) is 0 Å². The van der Waals surface area contributed by atoms with Crippen molar-refractivity contribution >= 4 is 5.97 Å². The number of epoxide rings is 1. The van der Waals surface area contributed by atoms with E-state index in [0.29, 0.717) is 12.5 Å². The Morgan fingerprint density at radius 2 is 1.76 bits per heavy atom. The minimum atomic E-state index is -0.685. The smallest absolute Gasteiger partial charge is 0.313 e. The summed E-state index contributed by atoms with van der Waals surface area (Å²) in [5.41, 5.74) is -0.540. The van der Waals surface area contributed by atoms with Gasteiger partial charge in [-0.3, -0.25) is 4.79 Å². The van der Waals surface area contributed by atoms with Crippen LogP contribution in [0.15, 0.2) is 12.2 Å². The molecular weight excluding hydrogens is 468 g/mol. The van der Waals surface area contributed by atoms with Crippen molar-refractivity contribution in [3.8, 4) is 0 Å². The molecule has 3 aliphatic heterocycles. The van der Waals surface area contributed by atoms with E-state index in [0.717, 1.165) is 57.8 Å². The van der Waals surface area contributed by atoms with Gasteiger partial charge < -0.3 is 24.1 Å². The van der Waals surface area contributed by atoms with Crippen LogP contribution in [-0.2, 0) is 23.7 Å². The van der Waals surface area contributed by atoms with E-state index in [1.165, 1.54) is 5.57 Å². The molecule has 6 nitrogen and oxygen atoms in total. The highest BCUT2D eigenvalue weighted by atomic mass is 16.8. The summed E-state index contributed by atoms with van der Waals surface area (Å²) in [5, 5.41) is 11.4. The number of rotatable bonds is 0. The second-order valence-corrected chi connectivity index (χ2v) is 15.5. The molecular formula is C31H44O6. The molecule has 12 atom stereocenters. The Hall–Kier alpha value is -0.950. The number of carbonyl (C=O) groups is 1. The van der Waals surface area contributed by atoms with Crippen LogP contribution < -0.4 is 0 Å². The van der Waals surface area contributed by atoms with E-state index >= 15 is 0 Å². The molecule has 8 rings (SSSR count). The van der Waals surface area contributed by atoms with E-state index in [4.69, 9.17) is 18.9 Å². The van der Waals surface area contributed by atoms with Gasteiger partial charge in [0.1, 0.15) is 11.7 Å². The lowest BCUT2D eigenvalue weighted by atomic mass is 9.31. The van der Waals surface area contributed by atoms with Crippen molar-refractivity contribution in [2.24, 2.45) is 39.4 Å². The third-order valence-electron chi connectivity index (χ3n) is 14.1. The van der Waals surface area contributed by atoms with Crippen LogP contribution in [-0.4, -0.2) is 53.0 Å². The van der Waals surface area contributed by atoms with E-state index in [1.807, 2.05) is 13.8 Å². The lowest BCUT2D eigenvalue weighted by molar-refractivity contribution is -0.292. The number of fused-ring (bicyclic) bond motifs is 7. The first-order valence-corrected chi connectivity index (χ1v) is 14.9. The number of ether oxygens (including phenoxy) is 4. The zero-order valence-electron chi connectivity index (χ0n) is 23.2. The molecule has 5 saturated carbocycles. The maximum Gasteiger partial charge on any atom is 0.313 e. The van der Waals surface area contributed by atoms with E-state index in [9.17, 15) is 9.90 Å². The number of allylic oxidation sites excluding steroid dienone is 1. The highest BCUT2D eigenvalue weighted by Crippen LogP contribution is 2.83. The van der Waals surface area contributed by atoms with Crippen LogP contribution in [0, 0.1) is 39.4 Å². The molecule has 8 fully saturated rings. The summed E-state index contributed by atoms with van der Waals surface area (Å²) in [6.07, 6.45) is 7.90. The van der Waals surface area contributed by atoms with Crippen molar-refractivity contribution in [2.75, 3.05) is 6.61 Å². The topological polar surface area (TPSA) is 77.5 Å². The first kappa shape index (κ1) is 23.9. The van der Waals surface area contributed by atoms with Gasteiger partial charge >= 0.3 is 5.97 Å². The summed E-state index contributed by atoms with van der Waals surface area (Å²) in [4.78, 5) is 13.7. The average Bonchev–Trinajstić information content (AvgIpc) is 3.50. The summed E-state index contributed by atoms with van der Waals surface area (Å²) in [6.45, 7) is 16.2. The lowest BCUT2D eigenvalue weighted by Gasteiger charge is -2.72. The van der Waals surface area contributed by atoms with Gasteiger partial charge in [-0.25, -0.2) is 0 Å². The van der Waals surface area contributed by atoms with Gasteiger partial charge in [-0.1, -0.05) is 32.9 Å². The van der Waals surface area contributed by atoms with Crippen LogP contribution in [0.2, 0.25) is 0 Å². The van der Waals surface area contributed by atoms with Crippen LogP contribution in [0.4, 0.5) is 0 Å². The van der Waals surface area contributed by atoms with E-state index < -0.39 is 23.1 Å². The van der Waals surface area contributed by atoms with E-state index in [1.54, 1.807) is 0 Å². The van der Waals surface area contributed by atoms with E-state index in [-0.39, 0.29) is 51.7 Å². The number of hydrogen-bond acceptors (Lipinski definition) is 6. The maximum absolute atomic E-state index is 13.7. The molecule has 0 aromatic rings. The molecule has 0 aromatic heterocycles. The first-order chi connectivity index (χ1) is 17.3. The molecule has 0 amide bonds. The second-order valence-electron chi connectivity index (χ2n) is 15.5. The maximum atomic E-state index is 13.7. The van der Waals surface area contributed by atoms with Gasteiger partial charge in [0.15, 0.2) is 11.4 Å². The monoisotopic (exact) mass is 512 g/mol. The molecule has 0 radical (unpaired) electrons. The minimum Gasteiger partial charge on any atom is -0.455 e. The molecule has 0 aromatic carbocycles. The lowest BCUT2D eigenvalue weighted by Crippen LogP contribution is -2.75. The van der Waals surface area contributed by atoms with Crippen molar-refractivity contribution in [1.29, 1.82) is 0 Å². The Morgan fingerprint density at radius 1 is 0.973 bits per heavy atom. The molecule has 37 heavy (non-hydrogen) atoms. The van der Waals surface area contributed by atoms with Crippen LogP contribution in [0.5, 0.6) is 0 Å². The molecule has 2 bridgehead atoms. The highest BCUT2D eigenvalue weighted by Gasteiger charge is 2.89. The van der Waals surface area contributed by atoms with E-state index in [2.05, 4.69) is 27.4 Å². The number of aliphatic hydroxyl groups is 1. The molecule has 204 valence electrons. The zero-order chi connectivity index (χ0) is 26.0. The fourth-order valence-corrected chi connectivity index (χ4v) is 12.3. The van der Waals surface area contributed by atoms with Crippen LogP contribution in [0.1, 0.15) is 92.4 Å². The predicted octanol–water partition coefficient (Wildman–Crippen LogP) is 4.92. The van der Waals surface area contributed by atoms with Gasteiger partial charge in [-0.15, -0.1) is 0 Å². The molecule has 3 heterocycles. The van der Waals surface area contributed by atoms with Crippen molar-refractivity contribution in [3.63, 3.8) is 0 Å². The Morgan fingerprint density at radius 3 is 2.49 bits per heavy atom. The van der Waals surface area contributed by atoms with Gasteiger partial charge in [0.25, 0.3) is 0 Å². The molecule has 1 N–H and O–H groups in total. The Labute approximate surface area is 220 Å². The first-order valence-electron chi connectivity index (χ1n) is 14.9. The third kappa shape index (κ3) is 2.33. The molecule has 8 aliphatic rings. The second kappa shape index (κ2) is 6.50. The van der Waals surface area contributed by atoms with Crippen molar-refractivity contribution in [1.82, 2.24) is 0 Å². The van der Waals surface area contributed by atoms with Crippen LogP contribution in [0.3, 0.4) is 0 Å². The van der Waals surface area contributed by atoms with Gasteiger partial charge in [-0.2, -0.15) is 0 Å². The molecule has 6 heteroatoms. The zero-order valence-corrected chi connectivity index (χ0v) is 23.2. The predicted molar refractivity (Wildman–Crippen MR) is 135 cm³/mol. The molecule has 5 aliphatic carbocycles.